The average Bonchev–Trinajstić information content (AvgIpc) is 3.35. The van der Waals surface area contributed by atoms with Crippen molar-refractivity contribution in [2.24, 2.45) is 0 Å². The highest BCUT2D eigenvalue weighted by Crippen LogP contribution is 2.27. The number of oxazole rings is 1. The summed E-state index contributed by atoms with van der Waals surface area (Å²) in [6.45, 7) is 2.48. The topological polar surface area (TPSA) is 65.5 Å². The Bertz CT molecular complexity index is 1060. The second-order valence-electron chi connectivity index (χ2n) is 5.85. The molecule has 0 fully saturated rings. The minimum absolute atomic E-state index is 0.207. The highest BCUT2D eigenvalue weighted by Gasteiger charge is 2.20. The first kappa shape index (κ1) is 16.8. The molecule has 0 unspecified atom stereocenters. The van der Waals surface area contributed by atoms with Crippen LogP contribution < -0.4 is 4.74 Å². The third kappa shape index (κ3) is 3.53. The SMILES string of the molecule is CCOc1ccc(C(=O)/C(=C\c2ccco2)c2nc3ccccc3o2)cc1. The maximum Gasteiger partial charge on any atom is 0.231 e. The Morgan fingerprint density at radius 2 is 1.89 bits per heavy atom. The lowest BCUT2D eigenvalue weighted by Gasteiger charge is -2.05. The van der Waals surface area contributed by atoms with Crippen molar-refractivity contribution in [3.05, 3.63) is 84.1 Å². The molecule has 5 nitrogen and oxygen atoms in total. The second kappa shape index (κ2) is 7.33. The molecule has 2 aromatic heterocycles. The van der Waals surface area contributed by atoms with Gasteiger partial charge < -0.3 is 13.6 Å². The van der Waals surface area contributed by atoms with E-state index in [-0.39, 0.29) is 11.7 Å². The van der Waals surface area contributed by atoms with Gasteiger partial charge in [-0.15, -0.1) is 0 Å². The van der Waals surface area contributed by atoms with Crippen molar-refractivity contribution >= 4 is 28.5 Å². The number of benzene rings is 2. The summed E-state index contributed by atoms with van der Waals surface area (Å²) in [7, 11) is 0. The molecule has 2 aromatic carbocycles. The van der Waals surface area contributed by atoms with Gasteiger partial charge in [-0.2, -0.15) is 0 Å². The van der Waals surface area contributed by atoms with Crippen molar-refractivity contribution in [2.75, 3.05) is 6.61 Å². The molecule has 0 amide bonds. The van der Waals surface area contributed by atoms with Crippen LogP contribution >= 0.6 is 0 Å². The summed E-state index contributed by atoms with van der Waals surface area (Å²) in [5, 5.41) is 0. The number of ether oxygens (including phenoxy) is 1. The van der Waals surface area contributed by atoms with E-state index in [0.717, 1.165) is 0 Å². The molecule has 4 rings (SSSR count). The Morgan fingerprint density at radius 3 is 2.59 bits per heavy atom. The Labute approximate surface area is 155 Å². The zero-order valence-corrected chi connectivity index (χ0v) is 14.7. The van der Waals surface area contributed by atoms with Gasteiger partial charge in [-0.3, -0.25) is 4.79 Å². The van der Waals surface area contributed by atoms with Crippen molar-refractivity contribution in [3.63, 3.8) is 0 Å². The minimum atomic E-state index is -0.207. The molecule has 0 aliphatic rings. The molecular weight excluding hydrogens is 342 g/mol. The number of aromatic nitrogens is 1. The number of rotatable bonds is 6. The third-order valence-corrected chi connectivity index (χ3v) is 4.03. The molecule has 0 spiro atoms. The van der Waals surface area contributed by atoms with Crippen molar-refractivity contribution in [2.45, 2.75) is 6.92 Å². The van der Waals surface area contributed by atoms with Crippen LogP contribution in [0.4, 0.5) is 0 Å². The van der Waals surface area contributed by atoms with Crippen molar-refractivity contribution in [3.8, 4) is 5.75 Å². The van der Waals surface area contributed by atoms with E-state index < -0.39 is 0 Å². The van der Waals surface area contributed by atoms with Crippen LogP contribution in [-0.2, 0) is 0 Å². The number of para-hydroxylation sites is 2. The van der Waals surface area contributed by atoms with E-state index in [2.05, 4.69) is 4.98 Å². The zero-order valence-electron chi connectivity index (χ0n) is 14.7. The predicted molar refractivity (Wildman–Crippen MR) is 103 cm³/mol. The van der Waals surface area contributed by atoms with E-state index in [1.54, 1.807) is 48.7 Å². The van der Waals surface area contributed by atoms with Crippen LogP contribution in [0.25, 0.3) is 22.7 Å². The summed E-state index contributed by atoms with van der Waals surface area (Å²) in [5.41, 5.74) is 2.15. The first-order valence-electron chi connectivity index (χ1n) is 8.63. The number of carbonyl (C=O) groups excluding carboxylic acids is 1. The lowest BCUT2D eigenvalue weighted by molar-refractivity contribution is 0.105. The van der Waals surface area contributed by atoms with E-state index in [4.69, 9.17) is 13.6 Å². The molecule has 2 heterocycles. The number of furan rings is 1. The van der Waals surface area contributed by atoms with Gasteiger partial charge >= 0.3 is 0 Å². The van der Waals surface area contributed by atoms with Crippen LogP contribution in [-0.4, -0.2) is 17.4 Å². The van der Waals surface area contributed by atoms with Crippen LogP contribution in [0, 0.1) is 0 Å². The molecule has 0 aliphatic heterocycles. The number of hydrogen-bond donors (Lipinski definition) is 0. The summed E-state index contributed by atoms with van der Waals surface area (Å²) in [4.78, 5) is 17.6. The molecule has 134 valence electrons. The molecule has 4 aromatic rings. The molecule has 0 atom stereocenters. The van der Waals surface area contributed by atoms with Gasteiger partial charge in [0.1, 0.15) is 17.0 Å². The van der Waals surface area contributed by atoms with Gasteiger partial charge in [0.25, 0.3) is 0 Å². The molecule has 0 aliphatic carbocycles. The molecule has 0 N–H and O–H groups in total. The number of Topliss-reactive ketones (excluding diaryl/α,β-unsaturated/α-hetero) is 1. The fraction of sp³-hybridized carbons (Fsp3) is 0.0909. The maximum absolute atomic E-state index is 13.2. The normalized spacial score (nSPS) is 11.7. The molecule has 27 heavy (non-hydrogen) atoms. The second-order valence-corrected chi connectivity index (χ2v) is 5.85. The quantitative estimate of drug-likeness (QED) is 0.348. The summed E-state index contributed by atoms with van der Waals surface area (Å²) >= 11 is 0. The van der Waals surface area contributed by atoms with Gasteiger partial charge in [0.2, 0.25) is 5.89 Å². The van der Waals surface area contributed by atoms with E-state index in [1.165, 1.54) is 0 Å². The van der Waals surface area contributed by atoms with Crippen LogP contribution in [0.3, 0.4) is 0 Å². The lowest BCUT2D eigenvalue weighted by atomic mass is 10.0. The fourth-order valence-electron chi connectivity index (χ4n) is 2.75. The summed E-state index contributed by atoms with van der Waals surface area (Å²) in [5.74, 6) is 1.31. The number of carbonyl (C=O) groups is 1. The van der Waals surface area contributed by atoms with Crippen LogP contribution in [0.1, 0.15) is 28.9 Å². The zero-order chi connectivity index (χ0) is 18.6. The third-order valence-electron chi connectivity index (χ3n) is 4.03. The largest absolute Gasteiger partial charge is 0.494 e. The number of allylic oxidation sites excluding steroid dienone is 1. The van der Waals surface area contributed by atoms with Crippen molar-refractivity contribution in [1.82, 2.24) is 4.98 Å². The molecular formula is C22H17NO4. The van der Waals surface area contributed by atoms with E-state index in [0.29, 0.717) is 40.4 Å². The minimum Gasteiger partial charge on any atom is -0.494 e. The highest BCUT2D eigenvalue weighted by molar-refractivity contribution is 6.31. The van der Waals surface area contributed by atoms with E-state index >= 15 is 0 Å². The Kier molecular flexibility index (Phi) is 4.58. The van der Waals surface area contributed by atoms with E-state index in [9.17, 15) is 4.79 Å². The van der Waals surface area contributed by atoms with Gasteiger partial charge in [0, 0.05) is 5.56 Å². The van der Waals surface area contributed by atoms with Crippen LogP contribution in [0.5, 0.6) is 5.75 Å². The number of hydrogen-bond acceptors (Lipinski definition) is 5. The number of nitrogens with zero attached hydrogens (tertiary/aromatic N) is 1. The summed E-state index contributed by atoms with van der Waals surface area (Å²) < 4.78 is 16.6. The molecule has 0 bridgehead atoms. The van der Waals surface area contributed by atoms with Crippen LogP contribution in [0.15, 0.2) is 75.8 Å². The van der Waals surface area contributed by atoms with Gasteiger partial charge in [0.15, 0.2) is 11.4 Å². The van der Waals surface area contributed by atoms with Gasteiger partial charge in [0.05, 0.1) is 18.4 Å². The predicted octanol–water partition coefficient (Wildman–Crippen LogP) is 5.24. The number of fused-ring (bicyclic) bond motifs is 1. The maximum atomic E-state index is 13.2. The lowest BCUT2D eigenvalue weighted by Crippen LogP contribution is -2.03. The molecule has 0 saturated carbocycles. The van der Waals surface area contributed by atoms with Gasteiger partial charge in [-0.05, 0) is 61.5 Å². The first-order valence-corrected chi connectivity index (χ1v) is 8.63. The Hall–Kier alpha value is -3.60. The summed E-state index contributed by atoms with van der Waals surface area (Å²) in [6, 6.07) is 17.9. The monoisotopic (exact) mass is 359 g/mol. The smallest absolute Gasteiger partial charge is 0.231 e. The Morgan fingerprint density at radius 1 is 1.07 bits per heavy atom. The van der Waals surface area contributed by atoms with Crippen molar-refractivity contribution < 1.29 is 18.4 Å². The average molecular weight is 359 g/mol. The highest BCUT2D eigenvalue weighted by atomic mass is 16.5. The van der Waals surface area contributed by atoms with E-state index in [1.807, 2.05) is 31.2 Å². The van der Waals surface area contributed by atoms with Crippen LogP contribution in [0.2, 0.25) is 0 Å². The van der Waals surface area contributed by atoms with Crippen molar-refractivity contribution in [1.29, 1.82) is 0 Å². The van der Waals surface area contributed by atoms with Gasteiger partial charge in [-0.25, -0.2) is 4.98 Å². The van der Waals surface area contributed by atoms with Gasteiger partial charge in [-0.1, -0.05) is 12.1 Å². The molecule has 0 radical (unpaired) electrons. The molecule has 5 heteroatoms. The first-order chi connectivity index (χ1) is 13.2. The Balaban J connectivity index is 1.76. The fourth-order valence-corrected chi connectivity index (χ4v) is 2.75. The standard InChI is InChI=1S/C22H17NO4/c1-2-25-16-11-9-15(10-12-16)21(24)18(14-17-6-5-13-26-17)22-23-19-7-3-4-8-20(19)27-22/h3-14H,2H2,1H3/b18-14+. The summed E-state index contributed by atoms with van der Waals surface area (Å²) in [6.07, 6.45) is 3.19. The number of ketones is 1. The molecule has 0 saturated heterocycles.